The Balaban J connectivity index is 1.64. The molecule has 0 saturated heterocycles. The van der Waals surface area contributed by atoms with Crippen molar-refractivity contribution in [2.45, 2.75) is 13.8 Å². The molecule has 0 unspecified atom stereocenters. The van der Waals surface area contributed by atoms with Crippen LogP contribution in [0.1, 0.15) is 31.8 Å². The molecule has 0 atom stereocenters. The monoisotopic (exact) mass is 433 g/mol. The summed E-state index contributed by atoms with van der Waals surface area (Å²) < 4.78 is 12.4. The molecule has 6 rings (SSSR count). The van der Waals surface area contributed by atoms with Crippen molar-refractivity contribution < 1.29 is 18.4 Å². The first-order valence-corrected chi connectivity index (χ1v) is 10.7. The lowest BCUT2D eigenvalue weighted by Gasteiger charge is -2.15. The number of para-hydroxylation sites is 2. The number of fused-ring (bicyclic) bond motifs is 5. The van der Waals surface area contributed by atoms with Gasteiger partial charge in [-0.15, -0.1) is 0 Å². The molecule has 1 aliphatic rings. The van der Waals surface area contributed by atoms with E-state index in [-0.39, 0.29) is 11.8 Å². The summed E-state index contributed by atoms with van der Waals surface area (Å²) in [7, 11) is 0. The van der Waals surface area contributed by atoms with Gasteiger partial charge in [-0.1, -0.05) is 42.5 Å². The zero-order chi connectivity index (χ0) is 22.7. The fraction of sp³-hybridized carbons (Fsp3) is 0.0714. The van der Waals surface area contributed by atoms with Gasteiger partial charge in [0.15, 0.2) is 11.2 Å². The minimum absolute atomic E-state index is 0.298. The standard InChI is InChI=1S/C28H19NO4/c1-16-11-12-18(13-17(16)2)29-27(30)21-14-25-26(15-22(21)28(29)31)33-24-10-6-4-8-20(24)19-7-3-5-9-23(19)32-25/h3-15H,1-2H3. The van der Waals surface area contributed by atoms with Gasteiger partial charge in [-0.2, -0.15) is 0 Å². The number of nitrogens with zero attached hydrogens (tertiary/aromatic N) is 1. The second kappa shape index (κ2) is 7.07. The number of imide groups is 1. The Morgan fingerprint density at radius 3 is 1.61 bits per heavy atom. The van der Waals surface area contributed by atoms with Crippen LogP contribution in [0.2, 0.25) is 0 Å². The van der Waals surface area contributed by atoms with Gasteiger partial charge in [0.1, 0.15) is 11.2 Å². The summed E-state index contributed by atoms with van der Waals surface area (Å²) in [6, 6.07) is 24.1. The van der Waals surface area contributed by atoms with Gasteiger partial charge in [0.25, 0.3) is 11.8 Å². The number of carbonyl (C=O) groups is 2. The Kier molecular flexibility index (Phi) is 4.14. The molecule has 0 N–H and O–H groups in total. The second-order valence-corrected chi connectivity index (χ2v) is 8.26. The van der Waals surface area contributed by atoms with Gasteiger partial charge in [-0.25, -0.2) is 4.90 Å². The Morgan fingerprint density at radius 1 is 0.576 bits per heavy atom. The highest BCUT2D eigenvalue weighted by Crippen LogP contribution is 2.34. The highest BCUT2D eigenvalue weighted by Gasteiger charge is 2.37. The van der Waals surface area contributed by atoms with Crippen molar-refractivity contribution in [3.05, 3.63) is 101 Å². The molecule has 5 aromatic rings. The van der Waals surface area contributed by atoms with Gasteiger partial charge in [0.05, 0.1) is 16.8 Å². The average molecular weight is 433 g/mol. The van der Waals surface area contributed by atoms with E-state index in [2.05, 4.69) is 0 Å². The van der Waals surface area contributed by atoms with Crippen molar-refractivity contribution in [1.82, 2.24) is 0 Å². The van der Waals surface area contributed by atoms with Crippen LogP contribution in [0.3, 0.4) is 0 Å². The molecule has 4 aromatic carbocycles. The summed E-state index contributed by atoms with van der Waals surface area (Å²) in [5.74, 6) is -0.749. The number of hydrogen-bond acceptors (Lipinski definition) is 4. The first-order chi connectivity index (χ1) is 16.0. The summed E-state index contributed by atoms with van der Waals surface area (Å²) in [6.07, 6.45) is 0. The summed E-state index contributed by atoms with van der Waals surface area (Å²) >= 11 is 0. The highest BCUT2D eigenvalue weighted by atomic mass is 16.4. The number of benzene rings is 4. The summed E-state index contributed by atoms with van der Waals surface area (Å²) in [5.41, 5.74) is 5.33. The van der Waals surface area contributed by atoms with Crippen LogP contribution in [-0.4, -0.2) is 11.8 Å². The number of anilines is 1. The lowest BCUT2D eigenvalue weighted by Crippen LogP contribution is -2.29. The van der Waals surface area contributed by atoms with Gasteiger partial charge >= 0.3 is 0 Å². The van der Waals surface area contributed by atoms with Crippen LogP contribution in [0.5, 0.6) is 0 Å². The van der Waals surface area contributed by atoms with E-state index >= 15 is 0 Å². The minimum Gasteiger partial charge on any atom is -0.453 e. The maximum atomic E-state index is 13.3. The summed E-state index contributed by atoms with van der Waals surface area (Å²) in [4.78, 5) is 27.8. The Bertz CT molecular complexity index is 1590. The molecule has 0 spiro atoms. The number of amides is 2. The molecule has 160 valence electrons. The third-order valence-corrected chi connectivity index (χ3v) is 6.20. The van der Waals surface area contributed by atoms with E-state index in [0.717, 1.165) is 21.9 Å². The van der Waals surface area contributed by atoms with Crippen molar-refractivity contribution in [1.29, 1.82) is 0 Å². The van der Waals surface area contributed by atoms with Crippen molar-refractivity contribution in [2.75, 3.05) is 4.90 Å². The van der Waals surface area contributed by atoms with Gasteiger partial charge in [-0.05, 0) is 61.4 Å². The Morgan fingerprint density at radius 2 is 1.09 bits per heavy atom. The van der Waals surface area contributed by atoms with Crippen LogP contribution >= 0.6 is 0 Å². The molecule has 0 bridgehead atoms. The zero-order valence-electron chi connectivity index (χ0n) is 18.1. The first kappa shape index (κ1) is 19.3. The number of carbonyl (C=O) groups excluding carboxylic acids is 2. The predicted molar refractivity (Wildman–Crippen MR) is 128 cm³/mol. The Hall–Kier alpha value is -4.38. The van der Waals surface area contributed by atoms with E-state index in [0.29, 0.717) is 39.1 Å². The minimum atomic E-state index is -0.375. The van der Waals surface area contributed by atoms with Gasteiger partial charge in [0, 0.05) is 10.8 Å². The second-order valence-electron chi connectivity index (χ2n) is 8.26. The first-order valence-electron chi connectivity index (χ1n) is 10.7. The molecular weight excluding hydrogens is 414 g/mol. The van der Waals surface area contributed by atoms with E-state index in [1.165, 1.54) is 4.90 Å². The Labute approximate surface area is 189 Å². The molecule has 1 aromatic heterocycles. The highest BCUT2D eigenvalue weighted by molar-refractivity contribution is 6.35. The molecule has 1 aliphatic heterocycles. The number of aryl methyl sites for hydroxylation is 2. The molecule has 5 nitrogen and oxygen atoms in total. The molecule has 0 saturated carbocycles. The zero-order valence-corrected chi connectivity index (χ0v) is 18.1. The van der Waals surface area contributed by atoms with Crippen LogP contribution in [0, 0.1) is 13.8 Å². The quantitative estimate of drug-likeness (QED) is 0.271. The van der Waals surface area contributed by atoms with E-state index in [1.54, 1.807) is 18.2 Å². The van der Waals surface area contributed by atoms with E-state index < -0.39 is 0 Å². The van der Waals surface area contributed by atoms with Gasteiger partial charge in [-0.3, -0.25) is 9.59 Å². The lowest BCUT2D eigenvalue weighted by molar-refractivity contribution is 0.0926. The van der Waals surface area contributed by atoms with Crippen LogP contribution in [0.25, 0.3) is 33.1 Å². The van der Waals surface area contributed by atoms with E-state index in [1.807, 2.05) is 74.5 Å². The van der Waals surface area contributed by atoms with Crippen LogP contribution in [0.4, 0.5) is 5.69 Å². The van der Waals surface area contributed by atoms with Crippen molar-refractivity contribution in [3.8, 4) is 0 Å². The summed E-state index contributed by atoms with van der Waals surface area (Å²) in [5, 5.41) is 1.77. The molecule has 2 amide bonds. The normalized spacial score (nSPS) is 13.2. The summed E-state index contributed by atoms with van der Waals surface area (Å²) in [6.45, 7) is 3.95. The van der Waals surface area contributed by atoms with Crippen LogP contribution in [0.15, 0.2) is 87.7 Å². The fourth-order valence-corrected chi connectivity index (χ4v) is 4.30. The fourth-order valence-electron chi connectivity index (χ4n) is 4.30. The third kappa shape index (κ3) is 2.93. The molecule has 33 heavy (non-hydrogen) atoms. The maximum absolute atomic E-state index is 13.3. The molecule has 0 radical (unpaired) electrons. The van der Waals surface area contributed by atoms with Crippen molar-refractivity contribution in [3.63, 3.8) is 0 Å². The van der Waals surface area contributed by atoms with E-state index in [9.17, 15) is 9.59 Å². The number of rotatable bonds is 1. The lowest BCUT2D eigenvalue weighted by atomic mass is 10.1. The molecule has 0 aliphatic carbocycles. The molecule has 5 heteroatoms. The average Bonchev–Trinajstić information content (AvgIpc) is 3.05. The van der Waals surface area contributed by atoms with Gasteiger partial charge in [0.2, 0.25) is 0 Å². The number of hydrogen-bond donors (Lipinski definition) is 0. The SMILES string of the molecule is Cc1ccc(N2C(=O)c3cc4oc5ccccc5c5ccccc5oc4cc3C2=O)cc1C. The smallest absolute Gasteiger partial charge is 0.266 e. The molecule has 0 fully saturated rings. The third-order valence-electron chi connectivity index (χ3n) is 6.20. The van der Waals surface area contributed by atoms with Crippen molar-refractivity contribution >= 4 is 50.6 Å². The predicted octanol–water partition coefficient (Wildman–Crippen LogP) is 6.87. The van der Waals surface area contributed by atoms with Crippen LogP contribution in [-0.2, 0) is 0 Å². The van der Waals surface area contributed by atoms with Crippen LogP contribution < -0.4 is 4.90 Å². The topological polar surface area (TPSA) is 63.7 Å². The molecular formula is C28H19NO4. The van der Waals surface area contributed by atoms with E-state index in [4.69, 9.17) is 8.83 Å². The molecule has 2 heterocycles. The largest absolute Gasteiger partial charge is 0.453 e. The maximum Gasteiger partial charge on any atom is 0.266 e. The van der Waals surface area contributed by atoms with Crippen molar-refractivity contribution in [2.24, 2.45) is 0 Å². The van der Waals surface area contributed by atoms with Gasteiger partial charge < -0.3 is 8.83 Å².